The zero-order chi connectivity index (χ0) is 17.7. The minimum atomic E-state index is -0.825. The fourth-order valence-electron chi connectivity index (χ4n) is 2.22. The van der Waals surface area contributed by atoms with Crippen LogP contribution in [0.25, 0.3) is 11.3 Å². The molecule has 0 saturated heterocycles. The van der Waals surface area contributed by atoms with Gasteiger partial charge in [-0.2, -0.15) is 5.10 Å². The predicted molar refractivity (Wildman–Crippen MR) is 88.4 cm³/mol. The van der Waals surface area contributed by atoms with Gasteiger partial charge in [0.05, 0.1) is 26.5 Å². The number of benzene rings is 1. The summed E-state index contributed by atoms with van der Waals surface area (Å²) in [5.41, 5.74) is 0.754. The van der Waals surface area contributed by atoms with Gasteiger partial charge in [-0.05, 0) is 38.1 Å². The molecule has 0 aliphatic heterocycles. The molecule has 0 radical (unpaired) electrons. The monoisotopic (exact) mass is 332 g/mol. The van der Waals surface area contributed by atoms with Crippen LogP contribution in [0.2, 0.25) is 0 Å². The van der Waals surface area contributed by atoms with E-state index in [4.69, 9.17) is 14.2 Å². The first-order valence-corrected chi connectivity index (χ1v) is 7.50. The van der Waals surface area contributed by atoms with Gasteiger partial charge >= 0.3 is 5.97 Å². The molecule has 0 saturated carbocycles. The van der Waals surface area contributed by atoms with Gasteiger partial charge in [-0.15, -0.1) is 0 Å². The van der Waals surface area contributed by atoms with Gasteiger partial charge in [0.1, 0.15) is 11.5 Å². The second-order valence-corrected chi connectivity index (χ2v) is 5.00. The number of nitrogens with zero attached hydrogens (tertiary/aromatic N) is 2. The molecule has 128 valence electrons. The van der Waals surface area contributed by atoms with Crippen molar-refractivity contribution in [3.63, 3.8) is 0 Å². The van der Waals surface area contributed by atoms with E-state index in [-0.39, 0.29) is 12.2 Å². The van der Waals surface area contributed by atoms with Crippen molar-refractivity contribution in [3.05, 3.63) is 40.7 Å². The Balaban J connectivity index is 2.52. The summed E-state index contributed by atoms with van der Waals surface area (Å²) >= 11 is 0. The molecule has 2 aromatic rings. The van der Waals surface area contributed by atoms with Gasteiger partial charge in [0.25, 0.3) is 5.56 Å². The molecule has 0 spiro atoms. The number of hydrogen-bond acceptors (Lipinski definition) is 6. The largest absolute Gasteiger partial charge is 0.497 e. The molecule has 0 aliphatic carbocycles. The first-order valence-electron chi connectivity index (χ1n) is 7.50. The summed E-state index contributed by atoms with van der Waals surface area (Å²) in [5.74, 6) is 0.697. The van der Waals surface area contributed by atoms with Gasteiger partial charge in [-0.25, -0.2) is 9.48 Å². The Morgan fingerprint density at radius 3 is 2.58 bits per heavy atom. The van der Waals surface area contributed by atoms with Gasteiger partial charge in [-0.1, -0.05) is 0 Å². The zero-order valence-electron chi connectivity index (χ0n) is 14.1. The highest BCUT2D eigenvalue weighted by atomic mass is 16.5. The van der Waals surface area contributed by atoms with E-state index in [9.17, 15) is 9.59 Å². The molecule has 0 unspecified atom stereocenters. The molecular formula is C17H20N2O5. The number of carbonyl (C=O) groups excluding carboxylic acids is 1. The lowest BCUT2D eigenvalue weighted by molar-refractivity contribution is -0.147. The van der Waals surface area contributed by atoms with E-state index in [1.54, 1.807) is 52.3 Å². The minimum Gasteiger partial charge on any atom is -0.497 e. The SMILES string of the molecule is CCOC(=O)[C@@H](C)n1nc(-c2cc(OC)ccc2OC)ccc1=O. The van der Waals surface area contributed by atoms with Crippen molar-refractivity contribution < 1.29 is 19.0 Å². The lowest BCUT2D eigenvalue weighted by Crippen LogP contribution is -2.31. The molecule has 7 nitrogen and oxygen atoms in total. The molecule has 1 aromatic heterocycles. The lowest BCUT2D eigenvalue weighted by Gasteiger charge is -2.15. The number of methoxy groups -OCH3 is 2. The van der Waals surface area contributed by atoms with Crippen LogP contribution in [-0.2, 0) is 9.53 Å². The Kier molecular flexibility index (Phi) is 5.57. The molecule has 2 rings (SSSR count). The maximum Gasteiger partial charge on any atom is 0.330 e. The van der Waals surface area contributed by atoms with Gasteiger partial charge < -0.3 is 14.2 Å². The second-order valence-electron chi connectivity index (χ2n) is 5.00. The van der Waals surface area contributed by atoms with Crippen LogP contribution in [0.1, 0.15) is 19.9 Å². The summed E-state index contributed by atoms with van der Waals surface area (Å²) in [4.78, 5) is 24.0. The number of rotatable bonds is 6. The van der Waals surface area contributed by atoms with Crippen LogP contribution in [-0.4, -0.2) is 36.6 Å². The molecule has 1 heterocycles. The average Bonchev–Trinajstić information content (AvgIpc) is 2.61. The normalized spacial score (nSPS) is 11.7. The second kappa shape index (κ2) is 7.63. The van der Waals surface area contributed by atoms with E-state index in [2.05, 4.69) is 5.10 Å². The minimum absolute atomic E-state index is 0.237. The van der Waals surface area contributed by atoms with Crippen molar-refractivity contribution in [2.75, 3.05) is 20.8 Å². The molecule has 0 amide bonds. The van der Waals surface area contributed by atoms with Crippen molar-refractivity contribution in [1.82, 2.24) is 9.78 Å². The van der Waals surface area contributed by atoms with Crippen LogP contribution in [0, 0.1) is 0 Å². The molecule has 0 aliphatic rings. The van der Waals surface area contributed by atoms with Crippen molar-refractivity contribution in [3.8, 4) is 22.8 Å². The fourth-order valence-corrected chi connectivity index (χ4v) is 2.22. The lowest BCUT2D eigenvalue weighted by atomic mass is 10.1. The Bertz CT molecular complexity index is 785. The van der Waals surface area contributed by atoms with Crippen molar-refractivity contribution >= 4 is 5.97 Å². The highest BCUT2D eigenvalue weighted by Crippen LogP contribution is 2.31. The summed E-state index contributed by atoms with van der Waals surface area (Å²) in [6.07, 6.45) is 0. The first kappa shape index (κ1) is 17.5. The maximum atomic E-state index is 12.1. The summed E-state index contributed by atoms with van der Waals surface area (Å²) in [6.45, 7) is 3.51. The summed E-state index contributed by atoms with van der Waals surface area (Å²) in [5, 5.41) is 4.30. The number of carbonyl (C=O) groups is 1. The van der Waals surface area contributed by atoms with E-state index in [1.807, 2.05) is 0 Å². The van der Waals surface area contributed by atoms with E-state index in [0.29, 0.717) is 22.8 Å². The molecule has 24 heavy (non-hydrogen) atoms. The Morgan fingerprint density at radius 2 is 1.96 bits per heavy atom. The van der Waals surface area contributed by atoms with Crippen LogP contribution in [0.3, 0.4) is 0 Å². The van der Waals surface area contributed by atoms with Crippen LogP contribution < -0.4 is 15.0 Å². The van der Waals surface area contributed by atoms with Crippen LogP contribution >= 0.6 is 0 Å². The van der Waals surface area contributed by atoms with Gasteiger partial charge in [0.15, 0.2) is 6.04 Å². The summed E-state index contributed by atoms with van der Waals surface area (Å²) < 4.78 is 16.6. The first-order chi connectivity index (χ1) is 11.5. The molecule has 7 heteroatoms. The Morgan fingerprint density at radius 1 is 1.21 bits per heavy atom. The van der Waals surface area contributed by atoms with Gasteiger partial charge in [-0.3, -0.25) is 4.79 Å². The number of ether oxygens (including phenoxy) is 3. The van der Waals surface area contributed by atoms with Crippen LogP contribution in [0.15, 0.2) is 35.1 Å². The van der Waals surface area contributed by atoms with Crippen molar-refractivity contribution in [2.45, 2.75) is 19.9 Å². The molecule has 1 aromatic carbocycles. The highest BCUT2D eigenvalue weighted by Gasteiger charge is 2.20. The van der Waals surface area contributed by atoms with Gasteiger partial charge in [0.2, 0.25) is 0 Å². The smallest absolute Gasteiger partial charge is 0.330 e. The van der Waals surface area contributed by atoms with E-state index in [1.165, 1.54) is 6.07 Å². The highest BCUT2D eigenvalue weighted by molar-refractivity contribution is 5.74. The van der Waals surface area contributed by atoms with Crippen LogP contribution in [0.4, 0.5) is 0 Å². The Labute approximate surface area is 139 Å². The fraction of sp³-hybridized carbons (Fsp3) is 0.353. The summed E-state index contributed by atoms with van der Waals surface area (Å²) in [7, 11) is 3.10. The quantitative estimate of drug-likeness (QED) is 0.753. The molecular weight excluding hydrogens is 312 g/mol. The molecule has 0 fully saturated rings. The van der Waals surface area contributed by atoms with Gasteiger partial charge in [0, 0.05) is 11.6 Å². The number of hydrogen-bond donors (Lipinski definition) is 0. The van der Waals surface area contributed by atoms with E-state index in [0.717, 1.165) is 4.68 Å². The van der Waals surface area contributed by atoms with Crippen LogP contribution in [0.5, 0.6) is 11.5 Å². The average molecular weight is 332 g/mol. The third-order valence-electron chi connectivity index (χ3n) is 3.50. The molecule has 0 bridgehead atoms. The number of esters is 1. The zero-order valence-corrected chi connectivity index (χ0v) is 14.1. The van der Waals surface area contributed by atoms with Crippen molar-refractivity contribution in [2.24, 2.45) is 0 Å². The Hall–Kier alpha value is -2.83. The topological polar surface area (TPSA) is 79.7 Å². The summed E-state index contributed by atoms with van der Waals surface area (Å²) in [6, 6.07) is 7.38. The number of aromatic nitrogens is 2. The van der Waals surface area contributed by atoms with E-state index < -0.39 is 12.0 Å². The third-order valence-corrected chi connectivity index (χ3v) is 3.50. The maximum absolute atomic E-state index is 12.1. The van der Waals surface area contributed by atoms with E-state index >= 15 is 0 Å². The third kappa shape index (κ3) is 3.56. The predicted octanol–water partition coefficient (Wildman–Crippen LogP) is 2.05. The molecule has 0 N–H and O–H groups in total. The molecule has 1 atom stereocenters. The standard InChI is InChI=1S/C17H20N2O5/c1-5-24-17(21)11(2)19-16(20)9-7-14(18-19)13-10-12(22-3)6-8-15(13)23-4/h6-11H,5H2,1-4H3/t11-/m1/s1. The van der Waals surface area contributed by atoms with Crippen molar-refractivity contribution in [1.29, 1.82) is 0 Å².